The molecule has 6 heteroatoms. The molecule has 0 spiro atoms. The second-order valence-electron chi connectivity index (χ2n) is 4.26. The topological polar surface area (TPSA) is 81.8 Å². The number of nitrogens with two attached hydrogens (primary N) is 1. The molecule has 3 N–H and O–H groups in total. The van der Waals surface area contributed by atoms with Crippen LogP contribution < -0.4 is 14.7 Å². The van der Waals surface area contributed by atoms with Gasteiger partial charge in [-0.2, -0.15) is 4.21 Å². The normalized spacial score (nSPS) is 12.1. The summed E-state index contributed by atoms with van der Waals surface area (Å²) in [6.45, 7) is 2.83. The lowest BCUT2D eigenvalue weighted by atomic mass is 10.2. The van der Waals surface area contributed by atoms with Gasteiger partial charge in [0.15, 0.2) is 5.75 Å². The van der Waals surface area contributed by atoms with Gasteiger partial charge in [-0.25, -0.2) is 0 Å². The van der Waals surface area contributed by atoms with Crippen LogP contribution in [-0.2, 0) is 11.4 Å². The van der Waals surface area contributed by atoms with Crippen molar-refractivity contribution >= 4 is 17.0 Å². The summed E-state index contributed by atoms with van der Waals surface area (Å²) in [5, 5.41) is 0. The van der Waals surface area contributed by atoms with Crippen LogP contribution in [-0.4, -0.2) is 15.4 Å². The van der Waals surface area contributed by atoms with Crippen LogP contribution in [0.15, 0.2) is 18.2 Å². The van der Waals surface area contributed by atoms with Crippen LogP contribution in [0.1, 0.15) is 39.0 Å². The highest BCUT2D eigenvalue weighted by Crippen LogP contribution is 2.27. The molecular weight excluding hydrogens is 266 g/mol. The highest BCUT2D eigenvalue weighted by atomic mass is 32.2. The SMILES string of the molecule is CCCCCCCOc1ccc(OS(=O)O)c(N)c1. The number of benzene rings is 1. The van der Waals surface area contributed by atoms with Gasteiger partial charge in [0.05, 0.1) is 12.3 Å². The Morgan fingerprint density at radius 2 is 2.00 bits per heavy atom. The molecule has 0 heterocycles. The first-order chi connectivity index (χ1) is 9.13. The molecule has 5 nitrogen and oxygen atoms in total. The predicted molar refractivity (Wildman–Crippen MR) is 76.5 cm³/mol. The van der Waals surface area contributed by atoms with E-state index in [-0.39, 0.29) is 11.4 Å². The lowest BCUT2D eigenvalue weighted by Crippen LogP contribution is -2.02. The third-order valence-corrected chi connectivity index (χ3v) is 2.98. The average Bonchev–Trinajstić information content (AvgIpc) is 2.36. The second-order valence-corrected chi connectivity index (χ2v) is 4.86. The van der Waals surface area contributed by atoms with E-state index in [4.69, 9.17) is 15.0 Å². The monoisotopic (exact) mass is 287 g/mol. The molecule has 1 unspecified atom stereocenters. The quantitative estimate of drug-likeness (QED) is 0.414. The Morgan fingerprint density at radius 3 is 2.63 bits per heavy atom. The Kier molecular flexibility index (Phi) is 7.28. The molecule has 108 valence electrons. The number of rotatable bonds is 9. The van der Waals surface area contributed by atoms with Crippen molar-refractivity contribution in [3.05, 3.63) is 18.2 Å². The minimum Gasteiger partial charge on any atom is -0.494 e. The molecule has 0 bridgehead atoms. The Hall–Kier alpha value is -1.27. The third-order valence-electron chi connectivity index (χ3n) is 2.66. The number of hydrogen-bond acceptors (Lipinski definition) is 4. The summed E-state index contributed by atoms with van der Waals surface area (Å²) in [4.78, 5) is 0. The van der Waals surface area contributed by atoms with E-state index in [0.717, 1.165) is 12.8 Å². The lowest BCUT2D eigenvalue weighted by molar-refractivity contribution is 0.304. The maximum Gasteiger partial charge on any atom is 0.357 e. The first-order valence-corrected chi connectivity index (χ1v) is 7.48. The van der Waals surface area contributed by atoms with Crippen molar-refractivity contribution in [1.82, 2.24) is 0 Å². The second kappa shape index (κ2) is 8.77. The van der Waals surface area contributed by atoms with Crippen LogP contribution in [0, 0.1) is 0 Å². The lowest BCUT2D eigenvalue weighted by Gasteiger charge is -2.09. The van der Waals surface area contributed by atoms with E-state index in [1.807, 2.05) is 0 Å². The molecule has 1 rings (SSSR count). The zero-order valence-electron chi connectivity index (χ0n) is 11.1. The smallest absolute Gasteiger partial charge is 0.357 e. The van der Waals surface area contributed by atoms with Gasteiger partial charge in [-0.15, -0.1) is 0 Å². The van der Waals surface area contributed by atoms with Crippen LogP contribution in [0.2, 0.25) is 0 Å². The van der Waals surface area contributed by atoms with Crippen LogP contribution in [0.3, 0.4) is 0 Å². The van der Waals surface area contributed by atoms with Gasteiger partial charge in [0, 0.05) is 6.07 Å². The van der Waals surface area contributed by atoms with E-state index >= 15 is 0 Å². The minimum absolute atomic E-state index is 0.177. The van der Waals surface area contributed by atoms with Gasteiger partial charge in [0.2, 0.25) is 0 Å². The van der Waals surface area contributed by atoms with E-state index < -0.39 is 11.4 Å². The molecule has 0 aliphatic rings. The Bertz CT molecular complexity index is 412. The van der Waals surface area contributed by atoms with E-state index in [0.29, 0.717) is 12.4 Å². The van der Waals surface area contributed by atoms with Crippen LogP contribution in [0.5, 0.6) is 11.5 Å². The highest BCUT2D eigenvalue weighted by molar-refractivity contribution is 7.74. The van der Waals surface area contributed by atoms with E-state index in [2.05, 4.69) is 11.1 Å². The first kappa shape index (κ1) is 15.8. The summed E-state index contributed by atoms with van der Waals surface area (Å²) in [6, 6.07) is 4.79. The number of unbranched alkanes of at least 4 members (excludes halogenated alkanes) is 4. The molecule has 1 aromatic carbocycles. The van der Waals surface area contributed by atoms with Crippen molar-refractivity contribution in [2.24, 2.45) is 0 Å². The molecule has 0 fully saturated rings. The third kappa shape index (κ3) is 6.45. The van der Waals surface area contributed by atoms with E-state index in [1.165, 1.54) is 25.3 Å². The Morgan fingerprint density at radius 1 is 1.26 bits per heavy atom. The zero-order valence-corrected chi connectivity index (χ0v) is 11.9. The fourth-order valence-electron chi connectivity index (χ4n) is 1.66. The van der Waals surface area contributed by atoms with Gasteiger partial charge < -0.3 is 14.7 Å². The van der Waals surface area contributed by atoms with E-state index in [1.54, 1.807) is 12.1 Å². The standard InChI is InChI=1S/C13H21NO4S/c1-2-3-4-5-6-9-17-11-7-8-13(12(14)10-11)18-19(15)16/h7-8,10H,2-6,9,14H2,1H3,(H,15,16). The van der Waals surface area contributed by atoms with Crippen molar-refractivity contribution < 1.29 is 17.7 Å². The van der Waals surface area contributed by atoms with E-state index in [9.17, 15) is 4.21 Å². The molecule has 0 saturated heterocycles. The molecule has 0 saturated carbocycles. The summed E-state index contributed by atoms with van der Waals surface area (Å²) >= 11 is -2.36. The molecule has 0 radical (unpaired) electrons. The van der Waals surface area contributed by atoms with Gasteiger partial charge in [0.25, 0.3) is 0 Å². The number of nitrogen functional groups attached to an aromatic ring is 1. The minimum atomic E-state index is -2.36. The Labute approximate surface area is 116 Å². The molecular formula is C13H21NO4S. The van der Waals surface area contributed by atoms with Crippen molar-refractivity contribution in [2.75, 3.05) is 12.3 Å². The average molecular weight is 287 g/mol. The summed E-state index contributed by atoms with van der Waals surface area (Å²) in [5.74, 6) is 0.820. The van der Waals surface area contributed by atoms with Crippen LogP contribution >= 0.6 is 0 Å². The van der Waals surface area contributed by atoms with Crippen molar-refractivity contribution in [3.8, 4) is 11.5 Å². The van der Waals surface area contributed by atoms with Crippen molar-refractivity contribution in [1.29, 1.82) is 0 Å². The zero-order chi connectivity index (χ0) is 14.1. The molecule has 0 aliphatic heterocycles. The Balaban J connectivity index is 2.35. The summed E-state index contributed by atoms with van der Waals surface area (Å²) < 4.78 is 29.3. The molecule has 19 heavy (non-hydrogen) atoms. The summed E-state index contributed by atoms with van der Waals surface area (Å²) in [6.07, 6.45) is 5.90. The van der Waals surface area contributed by atoms with Crippen molar-refractivity contribution in [3.63, 3.8) is 0 Å². The molecule has 1 atom stereocenters. The summed E-state index contributed by atoms with van der Waals surface area (Å²) in [7, 11) is 0. The van der Waals surface area contributed by atoms with Crippen LogP contribution in [0.4, 0.5) is 5.69 Å². The molecule has 1 aromatic rings. The maximum absolute atomic E-state index is 10.5. The molecule has 0 amide bonds. The first-order valence-electron chi connectivity index (χ1n) is 6.45. The number of hydrogen-bond donors (Lipinski definition) is 2. The van der Waals surface area contributed by atoms with Gasteiger partial charge in [-0.05, 0) is 18.6 Å². The highest BCUT2D eigenvalue weighted by Gasteiger charge is 2.05. The van der Waals surface area contributed by atoms with Crippen LogP contribution in [0.25, 0.3) is 0 Å². The number of ether oxygens (including phenoxy) is 1. The maximum atomic E-state index is 10.5. The van der Waals surface area contributed by atoms with Gasteiger partial charge in [-0.1, -0.05) is 32.6 Å². The van der Waals surface area contributed by atoms with Gasteiger partial charge in [-0.3, -0.25) is 4.55 Å². The van der Waals surface area contributed by atoms with Crippen molar-refractivity contribution in [2.45, 2.75) is 39.0 Å². The largest absolute Gasteiger partial charge is 0.494 e. The van der Waals surface area contributed by atoms with Gasteiger partial charge >= 0.3 is 11.4 Å². The van der Waals surface area contributed by atoms with Gasteiger partial charge in [0.1, 0.15) is 5.75 Å². The fourth-order valence-corrected chi connectivity index (χ4v) is 1.97. The predicted octanol–water partition coefficient (Wildman–Crippen LogP) is 3.13. The molecule has 0 aliphatic carbocycles. The number of anilines is 1. The molecule has 0 aromatic heterocycles. The fraction of sp³-hybridized carbons (Fsp3) is 0.538. The summed E-state index contributed by atoms with van der Waals surface area (Å²) in [5.41, 5.74) is 5.97.